The van der Waals surface area contributed by atoms with E-state index in [0.717, 1.165) is 32.1 Å². The van der Waals surface area contributed by atoms with Crippen LogP contribution in [0, 0.1) is 5.92 Å². The number of aliphatic carboxylic acids is 1. The van der Waals surface area contributed by atoms with Crippen LogP contribution in [-0.2, 0) is 4.79 Å². The highest BCUT2D eigenvalue weighted by Crippen LogP contribution is 2.38. The van der Waals surface area contributed by atoms with Crippen molar-refractivity contribution in [3.8, 4) is 0 Å². The van der Waals surface area contributed by atoms with Crippen LogP contribution in [0.5, 0.6) is 0 Å². The molecule has 0 aromatic heterocycles. The van der Waals surface area contributed by atoms with Gasteiger partial charge in [0.25, 0.3) is 0 Å². The molecule has 1 aliphatic carbocycles. The predicted octanol–water partition coefficient (Wildman–Crippen LogP) is 3.14. The Morgan fingerprint density at radius 1 is 1.47 bits per heavy atom. The van der Waals surface area contributed by atoms with E-state index in [1.165, 1.54) is 6.42 Å². The van der Waals surface area contributed by atoms with Crippen LogP contribution in [0.2, 0.25) is 0 Å². The molecular formula is C14H27NO2. The van der Waals surface area contributed by atoms with E-state index in [0.29, 0.717) is 12.0 Å². The number of likely N-dealkylation sites (N-methyl/N-ethyl adjacent to an activating group) is 1. The monoisotopic (exact) mass is 241 g/mol. The first-order valence-electron chi connectivity index (χ1n) is 6.94. The van der Waals surface area contributed by atoms with Gasteiger partial charge in [0.1, 0.15) is 5.54 Å². The SMILES string of the molecule is CCC(CC)N(C)C1(C(=O)O)CCCC(C)C1. The summed E-state index contributed by atoms with van der Waals surface area (Å²) in [6, 6.07) is 0.386. The molecule has 3 heteroatoms. The molecule has 0 heterocycles. The number of nitrogens with zero attached hydrogens (tertiary/aromatic N) is 1. The van der Waals surface area contributed by atoms with Gasteiger partial charge in [-0.1, -0.05) is 33.6 Å². The summed E-state index contributed by atoms with van der Waals surface area (Å²) in [5.41, 5.74) is -0.617. The van der Waals surface area contributed by atoms with Gasteiger partial charge in [-0.25, -0.2) is 0 Å². The number of rotatable bonds is 5. The van der Waals surface area contributed by atoms with Crippen molar-refractivity contribution in [2.75, 3.05) is 7.05 Å². The molecule has 0 amide bonds. The maximum Gasteiger partial charge on any atom is 0.324 e. The average molecular weight is 241 g/mol. The summed E-state index contributed by atoms with van der Waals surface area (Å²) < 4.78 is 0. The van der Waals surface area contributed by atoms with Crippen LogP contribution in [0.15, 0.2) is 0 Å². The third kappa shape index (κ3) is 2.82. The van der Waals surface area contributed by atoms with Gasteiger partial charge < -0.3 is 5.11 Å². The van der Waals surface area contributed by atoms with Gasteiger partial charge in [-0.05, 0) is 38.6 Å². The van der Waals surface area contributed by atoms with Gasteiger partial charge in [-0.15, -0.1) is 0 Å². The van der Waals surface area contributed by atoms with Crippen molar-refractivity contribution in [3.63, 3.8) is 0 Å². The van der Waals surface area contributed by atoms with Gasteiger partial charge in [-0.2, -0.15) is 0 Å². The van der Waals surface area contributed by atoms with Crippen molar-refractivity contribution in [1.82, 2.24) is 4.90 Å². The van der Waals surface area contributed by atoms with E-state index in [-0.39, 0.29) is 0 Å². The molecule has 17 heavy (non-hydrogen) atoms. The van der Waals surface area contributed by atoms with Gasteiger partial charge in [0.2, 0.25) is 0 Å². The predicted molar refractivity (Wildman–Crippen MR) is 70.1 cm³/mol. The lowest BCUT2D eigenvalue weighted by molar-refractivity contribution is -0.156. The summed E-state index contributed by atoms with van der Waals surface area (Å²) in [5.74, 6) is -0.102. The molecule has 100 valence electrons. The molecule has 1 aliphatic rings. The number of carboxylic acids is 1. The first-order chi connectivity index (χ1) is 7.97. The summed E-state index contributed by atoms with van der Waals surface area (Å²) in [5, 5.41) is 9.68. The van der Waals surface area contributed by atoms with Gasteiger partial charge in [0.15, 0.2) is 0 Å². The minimum absolute atomic E-state index is 0.386. The Bertz CT molecular complexity index is 263. The van der Waals surface area contributed by atoms with Crippen LogP contribution >= 0.6 is 0 Å². The number of hydrogen-bond donors (Lipinski definition) is 1. The van der Waals surface area contributed by atoms with Crippen LogP contribution in [0.4, 0.5) is 0 Å². The van der Waals surface area contributed by atoms with Crippen molar-refractivity contribution >= 4 is 5.97 Å². The topological polar surface area (TPSA) is 40.5 Å². The fraction of sp³-hybridized carbons (Fsp3) is 0.929. The highest BCUT2D eigenvalue weighted by Gasteiger charge is 2.46. The first kappa shape index (κ1) is 14.5. The number of hydrogen-bond acceptors (Lipinski definition) is 2. The van der Waals surface area contributed by atoms with E-state index in [4.69, 9.17) is 0 Å². The Hall–Kier alpha value is -0.570. The Kier molecular flexibility index (Phi) is 4.99. The van der Waals surface area contributed by atoms with Crippen molar-refractivity contribution < 1.29 is 9.90 Å². The highest BCUT2D eigenvalue weighted by molar-refractivity contribution is 5.79. The van der Waals surface area contributed by atoms with Crippen molar-refractivity contribution in [2.45, 2.75) is 70.9 Å². The molecule has 0 radical (unpaired) electrons. The average Bonchev–Trinajstić information content (AvgIpc) is 2.30. The second-order valence-electron chi connectivity index (χ2n) is 5.62. The molecule has 1 fully saturated rings. The summed E-state index contributed by atoms with van der Waals surface area (Å²) in [7, 11) is 2.00. The fourth-order valence-corrected chi connectivity index (χ4v) is 3.37. The number of carboxylic acid groups (broad SMARTS) is 1. The third-order valence-corrected chi connectivity index (χ3v) is 4.54. The molecule has 2 atom stereocenters. The second kappa shape index (κ2) is 5.85. The zero-order valence-electron chi connectivity index (χ0n) is 11.7. The third-order valence-electron chi connectivity index (χ3n) is 4.54. The molecule has 1 saturated carbocycles. The molecule has 1 rings (SSSR count). The van der Waals surface area contributed by atoms with Crippen molar-refractivity contribution in [3.05, 3.63) is 0 Å². The summed E-state index contributed by atoms with van der Waals surface area (Å²) in [6.07, 6.45) is 5.87. The van der Waals surface area contributed by atoms with Crippen LogP contribution in [0.25, 0.3) is 0 Å². The van der Waals surface area contributed by atoms with E-state index < -0.39 is 11.5 Å². The minimum Gasteiger partial charge on any atom is -0.480 e. The first-order valence-corrected chi connectivity index (χ1v) is 6.94. The largest absolute Gasteiger partial charge is 0.480 e. The Morgan fingerprint density at radius 2 is 2.06 bits per heavy atom. The van der Waals surface area contributed by atoms with E-state index in [1.807, 2.05) is 7.05 Å². The van der Waals surface area contributed by atoms with Gasteiger partial charge in [0, 0.05) is 6.04 Å². The van der Waals surface area contributed by atoms with E-state index >= 15 is 0 Å². The molecule has 2 unspecified atom stereocenters. The van der Waals surface area contributed by atoms with Crippen LogP contribution < -0.4 is 0 Å². The normalized spacial score (nSPS) is 29.9. The lowest BCUT2D eigenvalue weighted by atomic mass is 9.74. The van der Waals surface area contributed by atoms with E-state index in [2.05, 4.69) is 25.7 Å². The summed E-state index contributed by atoms with van der Waals surface area (Å²) in [4.78, 5) is 13.9. The Morgan fingerprint density at radius 3 is 2.47 bits per heavy atom. The zero-order valence-corrected chi connectivity index (χ0v) is 11.7. The molecule has 1 N–H and O–H groups in total. The standard InChI is InChI=1S/C14H27NO2/c1-5-12(6-2)15(4)14(13(16)17)9-7-8-11(3)10-14/h11-12H,5-10H2,1-4H3,(H,16,17). The minimum atomic E-state index is -0.626. The fourth-order valence-electron chi connectivity index (χ4n) is 3.37. The molecule has 0 aliphatic heterocycles. The molecule has 0 aromatic carbocycles. The van der Waals surface area contributed by atoms with Gasteiger partial charge >= 0.3 is 5.97 Å². The number of carbonyl (C=O) groups is 1. The molecule has 0 saturated heterocycles. The highest BCUT2D eigenvalue weighted by atomic mass is 16.4. The smallest absolute Gasteiger partial charge is 0.324 e. The van der Waals surface area contributed by atoms with Gasteiger partial charge in [-0.3, -0.25) is 9.69 Å². The van der Waals surface area contributed by atoms with Gasteiger partial charge in [0.05, 0.1) is 0 Å². The zero-order chi connectivity index (χ0) is 13.1. The Labute approximate surface area is 105 Å². The van der Waals surface area contributed by atoms with E-state index in [9.17, 15) is 9.90 Å². The lowest BCUT2D eigenvalue weighted by Gasteiger charge is -2.46. The maximum atomic E-state index is 11.8. The van der Waals surface area contributed by atoms with Crippen molar-refractivity contribution in [1.29, 1.82) is 0 Å². The lowest BCUT2D eigenvalue weighted by Crippen LogP contribution is -2.58. The second-order valence-corrected chi connectivity index (χ2v) is 5.62. The molecule has 0 bridgehead atoms. The van der Waals surface area contributed by atoms with Crippen LogP contribution in [0.1, 0.15) is 59.3 Å². The molecular weight excluding hydrogens is 214 g/mol. The van der Waals surface area contributed by atoms with Crippen LogP contribution in [0.3, 0.4) is 0 Å². The molecule has 0 aromatic rings. The summed E-state index contributed by atoms with van der Waals surface area (Å²) in [6.45, 7) is 6.47. The quantitative estimate of drug-likeness (QED) is 0.804. The van der Waals surface area contributed by atoms with E-state index in [1.54, 1.807) is 0 Å². The summed E-state index contributed by atoms with van der Waals surface area (Å²) >= 11 is 0. The van der Waals surface area contributed by atoms with Crippen molar-refractivity contribution in [2.24, 2.45) is 5.92 Å². The van der Waals surface area contributed by atoms with Crippen LogP contribution in [-0.4, -0.2) is 34.6 Å². The Balaban J connectivity index is 2.94. The molecule has 3 nitrogen and oxygen atoms in total. The maximum absolute atomic E-state index is 11.8. The molecule has 0 spiro atoms.